The van der Waals surface area contributed by atoms with E-state index in [0.717, 1.165) is 12.5 Å². The second-order valence-corrected chi connectivity index (χ2v) is 6.86. The molecule has 0 aromatic rings. The van der Waals surface area contributed by atoms with E-state index < -0.39 is 0 Å². The van der Waals surface area contributed by atoms with E-state index in [1.165, 1.54) is 32.1 Å². The Labute approximate surface area is 100 Å². The Hall–Kier alpha value is -0.0800. The Morgan fingerprint density at radius 2 is 1.94 bits per heavy atom. The summed E-state index contributed by atoms with van der Waals surface area (Å²) in [5.41, 5.74) is 0.625. The minimum absolute atomic E-state index is 0.174. The molecule has 0 aromatic carbocycles. The van der Waals surface area contributed by atoms with E-state index in [4.69, 9.17) is 4.74 Å². The molecular weight excluding hydrogens is 198 g/mol. The van der Waals surface area contributed by atoms with Crippen molar-refractivity contribution in [2.45, 2.75) is 64.5 Å². The number of nitrogens with one attached hydrogen (secondary N) is 1. The third kappa shape index (κ3) is 2.60. The highest BCUT2D eigenvalue weighted by molar-refractivity contribution is 4.98. The lowest BCUT2D eigenvalue weighted by atomic mass is 9.63. The van der Waals surface area contributed by atoms with Gasteiger partial charge < -0.3 is 10.1 Å². The van der Waals surface area contributed by atoms with Gasteiger partial charge in [-0.1, -0.05) is 20.8 Å². The van der Waals surface area contributed by atoms with Crippen LogP contribution >= 0.6 is 0 Å². The molecule has 2 fully saturated rings. The maximum Gasteiger partial charge on any atom is 0.0705 e. The fourth-order valence-corrected chi connectivity index (χ4v) is 4.21. The van der Waals surface area contributed by atoms with E-state index in [0.29, 0.717) is 11.5 Å². The zero-order valence-electron chi connectivity index (χ0n) is 11.3. The zero-order chi connectivity index (χ0) is 11.8. The van der Waals surface area contributed by atoms with Gasteiger partial charge in [-0.15, -0.1) is 0 Å². The van der Waals surface area contributed by atoms with Crippen molar-refractivity contribution in [3.63, 3.8) is 0 Å². The van der Waals surface area contributed by atoms with E-state index in [9.17, 15) is 0 Å². The molecule has 2 nitrogen and oxygen atoms in total. The van der Waals surface area contributed by atoms with Gasteiger partial charge in [-0.25, -0.2) is 0 Å². The molecule has 94 valence electrons. The van der Waals surface area contributed by atoms with Gasteiger partial charge in [0.05, 0.1) is 5.60 Å². The third-order valence-electron chi connectivity index (χ3n) is 4.32. The maximum atomic E-state index is 6.20. The molecule has 1 saturated heterocycles. The molecule has 1 heterocycles. The average Bonchev–Trinajstić information content (AvgIpc) is 2.13. The Kier molecular flexibility index (Phi) is 3.33. The van der Waals surface area contributed by atoms with E-state index in [-0.39, 0.29) is 5.60 Å². The van der Waals surface area contributed by atoms with Gasteiger partial charge in [0.2, 0.25) is 0 Å². The molecule has 3 unspecified atom stereocenters. The van der Waals surface area contributed by atoms with Crippen LogP contribution in [-0.4, -0.2) is 25.3 Å². The van der Waals surface area contributed by atoms with Crippen LogP contribution in [0.3, 0.4) is 0 Å². The van der Waals surface area contributed by atoms with Crippen molar-refractivity contribution in [1.82, 2.24) is 5.32 Å². The summed E-state index contributed by atoms with van der Waals surface area (Å²) in [5, 5.41) is 3.44. The van der Waals surface area contributed by atoms with Crippen LogP contribution in [-0.2, 0) is 4.74 Å². The van der Waals surface area contributed by atoms with Crippen molar-refractivity contribution in [2.24, 2.45) is 11.3 Å². The Balaban J connectivity index is 2.10. The van der Waals surface area contributed by atoms with Crippen LogP contribution in [0.2, 0.25) is 0 Å². The summed E-state index contributed by atoms with van der Waals surface area (Å²) in [5.74, 6) is 0.805. The molecular formula is C14H27NO. The number of rotatable bonds is 1. The van der Waals surface area contributed by atoms with Gasteiger partial charge in [-0.2, -0.15) is 0 Å². The Morgan fingerprint density at radius 1 is 1.19 bits per heavy atom. The second kappa shape index (κ2) is 4.30. The van der Waals surface area contributed by atoms with Crippen LogP contribution in [0.15, 0.2) is 0 Å². The SMILES string of the molecule is CNC1CCOC2(CC(C)CC(C)(C)C2)C1. The monoisotopic (exact) mass is 225 g/mol. The minimum atomic E-state index is 0.174. The van der Waals surface area contributed by atoms with Crippen molar-refractivity contribution in [3.05, 3.63) is 0 Å². The molecule has 16 heavy (non-hydrogen) atoms. The lowest BCUT2D eigenvalue weighted by Gasteiger charge is -2.50. The molecule has 1 saturated carbocycles. The van der Waals surface area contributed by atoms with Gasteiger partial charge in [0.1, 0.15) is 0 Å². The number of ether oxygens (including phenoxy) is 1. The molecule has 0 amide bonds. The van der Waals surface area contributed by atoms with Gasteiger partial charge in [0.15, 0.2) is 0 Å². The van der Waals surface area contributed by atoms with Crippen molar-refractivity contribution in [1.29, 1.82) is 0 Å². The zero-order valence-corrected chi connectivity index (χ0v) is 11.3. The maximum absolute atomic E-state index is 6.20. The van der Waals surface area contributed by atoms with Crippen LogP contribution < -0.4 is 5.32 Å². The Morgan fingerprint density at radius 3 is 2.56 bits per heavy atom. The topological polar surface area (TPSA) is 21.3 Å². The molecule has 2 rings (SSSR count). The van der Waals surface area contributed by atoms with Gasteiger partial charge >= 0.3 is 0 Å². The molecule has 2 aliphatic rings. The summed E-state index contributed by atoms with van der Waals surface area (Å²) < 4.78 is 6.20. The predicted molar refractivity (Wildman–Crippen MR) is 67.6 cm³/mol. The predicted octanol–water partition coefficient (Wildman–Crippen LogP) is 2.97. The van der Waals surface area contributed by atoms with Gasteiger partial charge in [0.25, 0.3) is 0 Å². The molecule has 1 aliphatic carbocycles. The lowest BCUT2D eigenvalue weighted by Crippen LogP contribution is -2.51. The van der Waals surface area contributed by atoms with Crippen LogP contribution in [0.1, 0.15) is 52.9 Å². The first-order valence-corrected chi connectivity index (χ1v) is 6.76. The summed E-state index contributed by atoms with van der Waals surface area (Å²) in [7, 11) is 2.08. The lowest BCUT2D eigenvalue weighted by molar-refractivity contribution is -0.142. The molecule has 0 aromatic heterocycles. The highest BCUT2D eigenvalue weighted by Gasteiger charge is 2.46. The van der Waals surface area contributed by atoms with E-state index in [1.54, 1.807) is 0 Å². The quantitative estimate of drug-likeness (QED) is 0.741. The molecule has 1 aliphatic heterocycles. The summed E-state index contributed by atoms with van der Waals surface area (Å²) in [6.07, 6.45) is 6.23. The second-order valence-electron chi connectivity index (χ2n) is 6.86. The molecule has 3 atom stereocenters. The van der Waals surface area contributed by atoms with Gasteiger partial charge in [0, 0.05) is 12.6 Å². The normalized spacial score (nSPS) is 43.5. The van der Waals surface area contributed by atoms with E-state index >= 15 is 0 Å². The van der Waals surface area contributed by atoms with Crippen molar-refractivity contribution >= 4 is 0 Å². The van der Waals surface area contributed by atoms with Crippen LogP contribution in [0.4, 0.5) is 0 Å². The highest BCUT2D eigenvalue weighted by Crippen LogP contribution is 2.48. The average molecular weight is 225 g/mol. The summed E-state index contributed by atoms with van der Waals surface area (Å²) >= 11 is 0. The number of hydrogen-bond acceptors (Lipinski definition) is 2. The van der Waals surface area contributed by atoms with Gasteiger partial charge in [-0.3, -0.25) is 0 Å². The number of hydrogen-bond donors (Lipinski definition) is 1. The summed E-state index contributed by atoms with van der Waals surface area (Å²) in [6, 6.07) is 0.662. The Bertz CT molecular complexity index is 251. The third-order valence-corrected chi connectivity index (χ3v) is 4.32. The molecule has 1 N–H and O–H groups in total. The van der Waals surface area contributed by atoms with Crippen molar-refractivity contribution < 1.29 is 4.74 Å². The van der Waals surface area contributed by atoms with Crippen LogP contribution in [0, 0.1) is 11.3 Å². The van der Waals surface area contributed by atoms with Crippen molar-refractivity contribution in [2.75, 3.05) is 13.7 Å². The first kappa shape index (κ1) is 12.4. The van der Waals surface area contributed by atoms with Crippen molar-refractivity contribution in [3.8, 4) is 0 Å². The summed E-state index contributed by atoms with van der Waals surface area (Å²) in [4.78, 5) is 0. The molecule has 1 spiro atoms. The van der Waals surface area contributed by atoms with Crippen LogP contribution in [0.5, 0.6) is 0 Å². The summed E-state index contributed by atoms with van der Waals surface area (Å²) in [6.45, 7) is 8.12. The standard InChI is InChI=1S/C14H27NO/c1-11-7-13(2,3)10-14(8-11)9-12(15-4)5-6-16-14/h11-12,15H,5-10H2,1-4H3. The van der Waals surface area contributed by atoms with E-state index in [2.05, 4.69) is 33.1 Å². The van der Waals surface area contributed by atoms with Crippen LogP contribution in [0.25, 0.3) is 0 Å². The fourth-order valence-electron chi connectivity index (χ4n) is 4.21. The smallest absolute Gasteiger partial charge is 0.0705 e. The first-order valence-electron chi connectivity index (χ1n) is 6.76. The minimum Gasteiger partial charge on any atom is -0.375 e. The fraction of sp³-hybridized carbons (Fsp3) is 1.00. The molecule has 2 heteroatoms. The largest absolute Gasteiger partial charge is 0.375 e. The molecule has 0 bridgehead atoms. The first-order chi connectivity index (χ1) is 7.45. The van der Waals surface area contributed by atoms with E-state index in [1.807, 2.05) is 0 Å². The van der Waals surface area contributed by atoms with Gasteiger partial charge in [-0.05, 0) is 50.5 Å². The highest BCUT2D eigenvalue weighted by atomic mass is 16.5. The molecule has 0 radical (unpaired) electrons.